The molecule has 0 bridgehead atoms. The first-order chi connectivity index (χ1) is 9.44. The second-order valence-corrected chi connectivity index (χ2v) is 7.07. The van der Waals surface area contributed by atoms with Crippen molar-refractivity contribution in [3.05, 3.63) is 28.8 Å². The molecule has 2 atom stereocenters. The normalized spacial score (nSPS) is 22.1. The Kier molecular flexibility index (Phi) is 6.44. The van der Waals surface area contributed by atoms with Crippen LogP contribution in [0.25, 0.3) is 0 Å². The number of halogens is 2. The number of piperidine rings is 1. The first-order valence-electron chi connectivity index (χ1n) is 6.37. The third kappa shape index (κ3) is 4.31. The van der Waals surface area contributed by atoms with Crippen LogP contribution in [0.5, 0.6) is 0 Å². The summed E-state index contributed by atoms with van der Waals surface area (Å²) in [4.78, 5) is 0.0827. The number of rotatable bonds is 3. The van der Waals surface area contributed by atoms with Crippen LogP contribution in [0, 0.1) is 17.2 Å². The van der Waals surface area contributed by atoms with Gasteiger partial charge in [0.1, 0.15) is 6.07 Å². The molecule has 2 rings (SSSR count). The lowest BCUT2D eigenvalue weighted by molar-refractivity contribution is 0.327. The first kappa shape index (κ1) is 18.2. The molecule has 5 nitrogen and oxygen atoms in total. The van der Waals surface area contributed by atoms with E-state index >= 15 is 0 Å². The molecule has 8 heteroatoms. The van der Waals surface area contributed by atoms with Gasteiger partial charge in [0.05, 0.1) is 15.5 Å². The zero-order chi connectivity index (χ0) is 14.8. The molecule has 1 aromatic rings. The zero-order valence-corrected chi connectivity index (χ0v) is 13.9. The van der Waals surface area contributed by atoms with Crippen molar-refractivity contribution >= 4 is 34.0 Å². The number of hydrogen-bond donors (Lipinski definition) is 2. The lowest BCUT2D eigenvalue weighted by Crippen LogP contribution is -2.50. The highest BCUT2D eigenvalue weighted by Gasteiger charge is 2.26. The predicted octanol–water partition coefficient (Wildman–Crippen LogP) is 1.91. The maximum atomic E-state index is 12.3. The lowest BCUT2D eigenvalue weighted by Gasteiger charge is -2.30. The van der Waals surface area contributed by atoms with Crippen LogP contribution in [-0.2, 0) is 10.0 Å². The summed E-state index contributed by atoms with van der Waals surface area (Å²) in [7, 11) is -3.62. The fraction of sp³-hybridized carbons (Fsp3) is 0.462. The van der Waals surface area contributed by atoms with Gasteiger partial charge in [0.2, 0.25) is 10.0 Å². The molecule has 0 saturated carbocycles. The van der Waals surface area contributed by atoms with Crippen molar-refractivity contribution in [2.24, 2.45) is 5.92 Å². The van der Waals surface area contributed by atoms with Gasteiger partial charge in [-0.25, -0.2) is 13.1 Å². The molecule has 21 heavy (non-hydrogen) atoms. The molecule has 0 aliphatic carbocycles. The van der Waals surface area contributed by atoms with E-state index in [1.165, 1.54) is 18.2 Å². The van der Waals surface area contributed by atoms with Crippen molar-refractivity contribution in [3.63, 3.8) is 0 Å². The fourth-order valence-corrected chi connectivity index (χ4v) is 3.83. The molecular formula is C13H17Cl2N3O2S. The summed E-state index contributed by atoms with van der Waals surface area (Å²) in [5, 5.41) is 12.1. The van der Waals surface area contributed by atoms with Crippen LogP contribution in [0.1, 0.15) is 18.9 Å². The Bertz CT molecular complexity index is 643. The van der Waals surface area contributed by atoms with Gasteiger partial charge in [-0.2, -0.15) is 5.26 Å². The largest absolute Gasteiger partial charge is 0.315 e. The number of nitrogens with one attached hydrogen (secondary N) is 2. The second kappa shape index (κ2) is 7.43. The van der Waals surface area contributed by atoms with Crippen LogP contribution in [0.4, 0.5) is 0 Å². The van der Waals surface area contributed by atoms with Gasteiger partial charge < -0.3 is 5.32 Å². The van der Waals surface area contributed by atoms with E-state index in [9.17, 15) is 8.42 Å². The summed E-state index contributed by atoms with van der Waals surface area (Å²) in [6.07, 6.45) is 0.932. The molecule has 1 heterocycles. The van der Waals surface area contributed by atoms with Crippen LogP contribution in [0.15, 0.2) is 23.1 Å². The Balaban J connectivity index is 0.00000220. The van der Waals surface area contributed by atoms with Crippen LogP contribution >= 0.6 is 24.0 Å². The van der Waals surface area contributed by atoms with Crippen LogP contribution < -0.4 is 10.0 Å². The molecule has 0 spiro atoms. The molecule has 1 aliphatic heterocycles. The molecule has 0 aromatic heterocycles. The average Bonchev–Trinajstić information content (AvgIpc) is 2.41. The SMILES string of the molecule is CC1CCNCC1NS(=O)(=O)c1ccc(C#N)c(Cl)c1.Cl. The maximum Gasteiger partial charge on any atom is 0.240 e. The van der Waals surface area contributed by atoms with Crippen molar-refractivity contribution in [3.8, 4) is 6.07 Å². The molecule has 0 radical (unpaired) electrons. The predicted molar refractivity (Wildman–Crippen MR) is 84.2 cm³/mol. The molecule has 2 N–H and O–H groups in total. The molecule has 1 aliphatic rings. The second-order valence-electron chi connectivity index (χ2n) is 4.95. The minimum absolute atomic E-state index is 0. The van der Waals surface area contributed by atoms with Crippen molar-refractivity contribution in [2.75, 3.05) is 13.1 Å². The van der Waals surface area contributed by atoms with Gasteiger partial charge in [0.25, 0.3) is 0 Å². The Hall–Kier alpha value is -0.840. The summed E-state index contributed by atoms with van der Waals surface area (Å²) in [5.41, 5.74) is 0.262. The highest BCUT2D eigenvalue weighted by atomic mass is 35.5. The molecule has 0 amide bonds. The van der Waals surface area contributed by atoms with Crippen LogP contribution in [-0.4, -0.2) is 27.5 Å². The number of sulfonamides is 1. The third-order valence-electron chi connectivity index (χ3n) is 3.51. The van der Waals surface area contributed by atoms with Crippen molar-refractivity contribution in [2.45, 2.75) is 24.3 Å². The molecule has 116 valence electrons. The van der Waals surface area contributed by atoms with E-state index in [1.54, 1.807) is 0 Å². The van der Waals surface area contributed by atoms with Crippen LogP contribution in [0.3, 0.4) is 0 Å². The average molecular weight is 350 g/mol. The summed E-state index contributed by atoms with van der Waals surface area (Å²) in [6, 6.07) is 5.89. The van der Waals surface area contributed by atoms with Gasteiger partial charge in [0, 0.05) is 12.6 Å². The van der Waals surface area contributed by atoms with Gasteiger partial charge in [-0.05, 0) is 37.1 Å². The zero-order valence-electron chi connectivity index (χ0n) is 11.5. The monoisotopic (exact) mass is 349 g/mol. The van der Waals surface area contributed by atoms with Crippen molar-refractivity contribution in [1.82, 2.24) is 10.0 Å². The third-order valence-corrected chi connectivity index (χ3v) is 5.31. The minimum Gasteiger partial charge on any atom is -0.315 e. The number of nitriles is 1. The Morgan fingerprint density at radius 3 is 2.76 bits per heavy atom. The van der Waals surface area contributed by atoms with E-state index < -0.39 is 10.0 Å². The first-order valence-corrected chi connectivity index (χ1v) is 8.23. The topological polar surface area (TPSA) is 82.0 Å². The summed E-state index contributed by atoms with van der Waals surface area (Å²) >= 11 is 5.88. The van der Waals surface area contributed by atoms with E-state index in [-0.39, 0.29) is 39.8 Å². The smallest absolute Gasteiger partial charge is 0.240 e. The molecular weight excluding hydrogens is 333 g/mol. The van der Waals surface area contributed by atoms with Crippen molar-refractivity contribution < 1.29 is 8.42 Å². The van der Waals surface area contributed by atoms with Gasteiger partial charge in [0.15, 0.2) is 0 Å². The van der Waals surface area contributed by atoms with Crippen molar-refractivity contribution in [1.29, 1.82) is 5.26 Å². The quantitative estimate of drug-likeness (QED) is 0.873. The Morgan fingerprint density at radius 1 is 1.48 bits per heavy atom. The van der Waals surface area contributed by atoms with Gasteiger partial charge in [-0.15, -0.1) is 12.4 Å². The maximum absolute atomic E-state index is 12.3. The van der Waals surface area contributed by atoms with E-state index in [1.807, 2.05) is 13.0 Å². The van der Waals surface area contributed by atoms with E-state index in [2.05, 4.69) is 10.0 Å². The molecule has 1 fully saturated rings. The number of hydrogen-bond acceptors (Lipinski definition) is 4. The van der Waals surface area contributed by atoms with E-state index in [4.69, 9.17) is 16.9 Å². The number of benzene rings is 1. The Morgan fingerprint density at radius 2 is 2.19 bits per heavy atom. The standard InChI is InChI=1S/C13H16ClN3O2S.ClH/c1-9-4-5-16-8-13(9)17-20(18,19)11-3-2-10(7-15)12(14)6-11;/h2-3,6,9,13,16-17H,4-5,8H2,1H3;1H. The van der Waals surface area contributed by atoms with Gasteiger partial charge >= 0.3 is 0 Å². The summed E-state index contributed by atoms with van der Waals surface area (Å²) in [5.74, 6) is 0.278. The molecule has 1 saturated heterocycles. The summed E-state index contributed by atoms with van der Waals surface area (Å²) in [6.45, 7) is 3.55. The highest BCUT2D eigenvalue weighted by molar-refractivity contribution is 7.89. The van der Waals surface area contributed by atoms with Gasteiger partial charge in [-0.3, -0.25) is 0 Å². The summed E-state index contributed by atoms with van der Waals surface area (Å²) < 4.78 is 27.3. The van der Waals surface area contributed by atoms with E-state index in [0.29, 0.717) is 6.54 Å². The highest BCUT2D eigenvalue weighted by Crippen LogP contribution is 2.21. The molecule has 2 unspecified atom stereocenters. The van der Waals surface area contributed by atoms with E-state index in [0.717, 1.165) is 13.0 Å². The van der Waals surface area contributed by atoms with Gasteiger partial charge in [-0.1, -0.05) is 18.5 Å². The molecule has 1 aromatic carbocycles. The number of nitrogens with zero attached hydrogens (tertiary/aromatic N) is 1. The lowest BCUT2D eigenvalue weighted by atomic mass is 9.96. The van der Waals surface area contributed by atoms with Crippen LogP contribution in [0.2, 0.25) is 5.02 Å². The minimum atomic E-state index is -3.62. The fourth-order valence-electron chi connectivity index (χ4n) is 2.17. The Labute approximate surface area is 136 Å².